The number of nitrogens with zero attached hydrogens (tertiary/aromatic N) is 1. The molecule has 0 aliphatic heterocycles. The number of thiazole rings is 1. The lowest BCUT2D eigenvalue weighted by molar-refractivity contribution is -0.110. The van der Waals surface area contributed by atoms with E-state index < -0.39 is 0 Å². The Bertz CT molecular complexity index is 1210. The third-order valence-corrected chi connectivity index (χ3v) is 5.51. The molecular formula is C22H22N2O3S. The molecule has 0 radical (unpaired) electrons. The number of aromatic nitrogens is 1. The van der Waals surface area contributed by atoms with Crippen molar-refractivity contribution in [3.05, 3.63) is 78.7 Å². The SMILES string of the molecule is COc1ccccc1NC(=O)C=c1sc(=Cc2ccc(C)cc2C)c(=O)n1C. The lowest BCUT2D eigenvalue weighted by Crippen LogP contribution is -2.29. The minimum absolute atomic E-state index is 0.124. The maximum Gasteiger partial charge on any atom is 0.268 e. The zero-order valence-corrected chi connectivity index (χ0v) is 17.1. The van der Waals surface area contributed by atoms with Gasteiger partial charge in [-0.25, -0.2) is 0 Å². The number of aryl methyl sites for hydroxylation is 2. The van der Waals surface area contributed by atoms with Gasteiger partial charge in [-0.15, -0.1) is 11.3 Å². The van der Waals surface area contributed by atoms with Gasteiger partial charge in [0.15, 0.2) is 0 Å². The molecule has 0 spiro atoms. The van der Waals surface area contributed by atoms with Gasteiger partial charge in [0.05, 0.1) is 17.3 Å². The van der Waals surface area contributed by atoms with E-state index in [1.807, 2.05) is 44.2 Å². The first-order valence-electron chi connectivity index (χ1n) is 8.79. The molecule has 1 aromatic heterocycles. The first-order valence-corrected chi connectivity index (χ1v) is 9.61. The van der Waals surface area contributed by atoms with Crippen LogP contribution in [0.25, 0.3) is 12.2 Å². The van der Waals surface area contributed by atoms with E-state index in [1.165, 1.54) is 27.5 Å². The van der Waals surface area contributed by atoms with E-state index in [2.05, 4.69) is 11.4 Å². The number of hydrogen-bond donors (Lipinski definition) is 1. The lowest BCUT2D eigenvalue weighted by Gasteiger charge is -2.07. The van der Waals surface area contributed by atoms with Gasteiger partial charge in [0.25, 0.3) is 11.5 Å². The standard InChI is InChI=1S/C22H22N2O3S/c1-14-9-10-16(15(2)11-14)12-19-22(26)24(3)21(28-19)13-20(25)23-17-7-5-6-8-18(17)27-4/h5-13H,1-4H3,(H,23,25). The van der Waals surface area contributed by atoms with Crippen LogP contribution in [0.1, 0.15) is 16.7 Å². The topological polar surface area (TPSA) is 60.3 Å². The summed E-state index contributed by atoms with van der Waals surface area (Å²) in [5.74, 6) is 0.257. The highest BCUT2D eigenvalue weighted by Gasteiger charge is 2.07. The number of methoxy groups -OCH3 is 1. The maximum absolute atomic E-state index is 12.6. The molecule has 5 nitrogen and oxygen atoms in total. The minimum Gasteiger partial charge on any atom is -0.495 e. The average Bonchev–Trinajstić information content (AvgIpc) is 2.92. The van der Waals surface area contributed by atoms with E-state index in [9.17, 15) is 9.59 Å². The Labute approximate surface area is 167 Å². The summed E-state index contributed by atoms with van der Waals surface area (Å²) in [6.07, 6.45) is 3.30. The average molecular weight is 394 g/mol. The van der Waals surface area contributed by atoms with Crippen LogP contribution < -0.4 is 24.8 Å². The van der Waals surface area contributed by atoms with Gasteiger partial charge in [0, 0.05) is 13.1 Å². The zero-order valence-electron chi connectivity index (χ0n) is 16.3. The second-order valence-electron chi connectivity index (χ2n) is 6.51. The summed E-state index contributed by atoms with van der Waals surface area (Å²) in [6, 6.07) is 13.3. The quantitative estimate of drug-likeness (QED) is 0.739. The van der Waals surface area contributed by atoms with E-state index >= 15 is 0 Å². The molecular weight excluding hydrogens is 372 g/mol. The molecule has 0 saturated heterocycles. The van der Waals surface area contributed by atoms with E-state index in [0.29, 0.717) is 20.6 Å². The van der Waals surface area contributed by atoms with Crippen molar-refractivity contribution in [2.24, 2.45) is 7.05 Å². The number of amides is 1. The Morgan fingerprint density at radius 3 is 2.64 bits per heavy atom. The number of ether oxygens (including phenoxy) is 1. The van der Waals surface area contributed by atoms with Gasteiger partial charge in [0.2, 0.25) is 0 Å². The Morgan fingerprint density at radius 2 is 1.93 bits per heavy atom. The number of anilines is 1. The lowest BCUT2D eigenvalue weighted by atomic mass is 10.1. The minimum atomic E-state index is -0.320. The molecule has 1 N–H and O–H groups in total. The van der Waals surface area contributed by atoms with E-state index in [0.717, 1.165) is 11.1 Å². The van der Waals surface area contributed by atoms with Crippen LogP contribution >= 0.6 is 11.3 Å². The molecule has 144 valence electrons. The monoisotopic (exact) mass is 394 g/mol. The molecule has 3 aromatic rings. The van der Waals surface area contributed by atoms with Crippen molar-refractivity contribution < 1.29 is 9.53 Å². The molecule has 0 fully saturated rings. The molecule has 0 atom stereocenters. The van der Waals surface area contributed by atoms with E-state index in [1.54, 1.807) is 26.3 Å². The van der Waals surface area contributed by atoms with Crippen molar-refractivity contribution in [1.29, 1.82) is 0 Å². The van der Waals surface area contributed by atoms with Gasteiger partial charge in [-0.05, 0) is 43.2 Å². The van der Waals surface area contributed by atoms with Crippen LogP contribution in [-0.4, -0.2) is 17.6 Å². The largest absolute Gasteiger partial charge is 0.495 e. The summed E-state index contributed by atoms with van der Waals surface area (Å²) < 4.78 is 7.90. The van der Waals surface area contributed by atoms with Crippen molar-refractivity contribution in [1.82, 2.24) is 4.57 Å². The van der Waals surface area contributed by atoms with Gasteiger partial charge in [-0.3, -0.25) is 9.59 Å². The smallest absolute Gasteiger partial charge is 0.268 e. The summed E-state index contributed by atoms with van der Waals surface area (Å²) >= 11 is 1.29. The van der Waals surface area contributed by atoms with E-state index in [-0.39, 0.29) is 11.5 Å². The van der Waals surface area contributed by atoms with Gasteiger partial charge >= 0.3 is 0 Å². The third-order valence-electron chi connectivity index (χ3n) is 4.39. The molecule has 3 rings (SSSR count). The van der Waals surface area contributed by atoms with Gasteiger partial charge in [-0.1, -0.05) is 35.9 Å². The fourth-order valence-electron chi connectivity index (χ4n) is 2.87. The molecule has 1 amide bonds. The second kappa shape index (κ2) is 8.27. The van der Waals surface area contributed by atoms with E-state index in [4.69, 9.17) is 4.74 Å². The van der Waals surface area contributed by atoms with Crippen LogP contribution in [0.15, 0.2) is 47.3 Å². The number of benzene rings is 2. The number of rotatable bonds is 4. The normalized spacial score (nSPS) is 12.3. The predicted molar refractivity (Wildman–Crippen MR) is 114 cm³/mol. The van der Waals surface area contributed by atoms with Crippen LogP contribution in [0.4, 0.5) is 5.69 Å². The molecule has 0 aliphatic rings. The second-order valence-corrected chi connectivity index (χ2v) is 7.57. The van der Waals surface area contributed by atoms with Crippen molar-refractivity contribution in [3.8, 4) is 5.75 Å². The Morgan fingerprint density at radius 1 is 1.18 bits per heavy atom. The summed E-state index contributed by atoms with van der Waals surface area (Å²) in [5, 5.41) is 2.79. The molecule has 1 heterocycles. The highest BCUT2D eigenvalue weighted by atomic mass is 32.1. The van der Waals surface area contributed by atoms with Crippen LogP contribution in [0.5, 0.6) is 5.75 Å². The first kappa shape index (κ1) is 19.6. The van der Waals surface area contributed by atoms with Gasteiger partial charge in [-0.2, -0.15) is 0 Å². The van der Waals surface area contributed by atoms with Crippen LogP contribution in [-0.2, 0) is 11.8 Å². The molecule has 0 saturated carbocycles. The molecule has 6 heteroatoms. The Hall–Kier alpha value is -3.12. The fourth-order valence-corrected chi connectivity index (χ4v) is 3.89. The highest BCUT2D eigenvalue weighted by molar-refractivity contribution is 7.07. The molecule has 28 heavy (non-hydrogen) atoms. The summed E-state index contributed by atoms with van der Waals surface area (Å²) in [5.41, 5.74) is 3.73. The molecule has 0 unspecified atom stereocenters. The Balaban J connectivity index is 1.97. The first-order chi connectivity index (χ1) is 13.4. The summed E-state index contributed by atoms with van der Waals surface area (Å²) in [4.78, 5) is 25.0. The summed E-state index contributed by atoms with van der Waals surface area (Å²) in [6.45, 7) is 4.05. The van der Waals surface area contributed by atoms with Crippen LogP contribution in [0.2, 0.25) is 0 Å². The molecule has 2 aromatic carbocycles. The number of carbonyl (C=O) groups excluding carboxylic acids is 1. The summed E-state index contributed by atoms with van der Waals surface area (Å²) in [7, 11) is 3.22. The molecule has 0 bridgehead atoms. The number of carbonyl (C=O) groups is 1. The molecule has 0 aliphatic carbocycles. The number of hydrogen-bond acceptors (Lipinski definition) is 4. The van der Waals surface area contributed by atoms with Crippen molar-refractivity contribution >= 4 is 35.1 Å². The van der Waals surface area contributed by atoms with Gasteiger partial charge in [0.1, 0.15) is 10.4 Å². The van der Waals surface area contributed by atoms with Gasteiger partial charge < -0.3 is 14.6 Å². The van der Waals surface area contributed by atoms with Crippen molar-refractivity contribution in [2.45, 2.75) is 13.8 Å². The zero-order chi connectivity index (χ0) is 20.3. The van der Waals surface area contributed by atoms with Crippen LogP contribution in [0, 0.1) is 13.8 Å². The third kappa shape index (κ3) is 4.23. The maximum atomic E-state index is 12.6. The number of para-hydroxylation sites is 2. The van der Waals surface area contributed by atoms with Crippen LogP contribution in [0.3, 0.4) is 0 Å². The van der Waals surface area contributed by atoms with Crippen molar-refractivity contribution in [2.75, 3.05) is 12.4 Å². The highest BCUT2D eigenvalue weighted by Crippen LogP contribution is 2.22. The predicted octanol–water partition coefficient (Wildman–Crippen LogP) is 2.32. The fraction of sp³-hybridized carbons (Fsp3) is 0.182. The Kier molecular flexibility index (Phi) is 5.80. The van der Waals surface area contributed by atoms with Crippen molar-refractivity contribution in [3.63, 3.8) is 0 Å². The number of nitrogens with one attached hydrogen (secondary N) is 1.